The molecule has 0 saturated carbocycles. The minimum Gasteiger partial charge on any atom is -0.469 e. The Bertz CT molecular complexity index is 750. The number of benzene rings is 1. The molecule has 2 heterocycles. The summed E-state index contributed by atoms with van der Waals surface area (Å²) in [4.78, 5) is 38.6. The van der Waals surface area contributed by atoms with Crippen molar-refractivity contribution in [2.75, 3.05) is 32.9 Å². The van der Waals surface area contributed by atoms with E-state index in [-0.39, 0.29) is 18.3 Å². The molecule has 1 N–H and O–H groups in total. The second-order valence-corrected chi connectivity index (χ2v) is 8.09. The summed E-state index contributed by atoms with van der Waals surface area (Å²) in [5.74, 6) is -0.0803. The Hall–Kier alpha value is -2.79. The minimum absolute atomic E-state index is 0.0843. The van der Waals surface area contributed by atoms with Gasteiger partial charge in [-0.15, -0.1) is 9.24 Å². The third-order valence-corrected chi connectivity index (χ3v) is 4.94. The highest BCUT2D eigenvalue weighted by atomic mass is 31.0. The number of carbonyl (C=O) groups excluding carboxylic acids is 3. The van der Waals surface area contributed by atoms with Gasteiger partial charge >= 0.3 is 5.97 Å². The van der Waals surface area contributed by atoms with Gasteiger partial charge in [-0.2, -0.15) is 0 Å². The summed E-state index contributed by atoms with van der Waals surface area (Å²) < 4.78 is 4.37. The van der Waals surface area contributed by atoms with Gasteiger partial charge in [0.25, 0.3) is 0 Å². The van der Waals surface area contributed by atoms with Crippen LogP contribution in [0.3, 0.4) is 0 Å². The lowest BCUT2D eigenvalue weighted by molar-refractivity contribution is -0.140. The zero-order valence-electron chi connectivity index (χ0n) is 25.4. The Morgan fingerprint density at radius 3 is 1.92 bits per heavy atom. The first kappa shape index (κ1) is 40.7. The number of ether oxygens (including phenoxy) is 1. The number of methoxy groups -OCH3 is 1. The van der Waals surface area contributed by atoms with Crippen molar-refractivity contribution in [2.24, 2.45) is 0 Å². The van der Waals surface area contributed by atoms with Crippen LogP contribution in [-0.2, 0) is 25.5 Å². The summed E-state index contributed by atoms with van der Waals surface area (Å²) in [6.07, 6.45) is 9.33. The number of hydrogen-bond acceptors (Lipinski definition) is 5. The first-order chi connectivity index (χ1) is 19.0. The lowest BCUT2D eigenvalue weighted by Gasteiger charge is -2.26. The van der Waals surface area contributed by atoms with Gasteiger partial charge in [0.15, 0.2) is 0 Å². The monoisotopic (exact) mass is 563 g/mol. The SMILES string of the molecule is CC.CC.CCC.COC(=O)CCNC(=O)CP.O=C1CCCCN1CCc1ccncc1.c1ccccc1. The van der Waals surface area contributed by atoms with E-state index in [1.165, 1.54) is 19.1 Å². The summed E-state index contributed by atoms with van der Waals surface area (Å²) >= 11 is 0. The summed E-state index contributed by atoms with van der Waals surface area (Å²) in [6.45, 7) is 14.4. The number of nitrogens with one attached hydrogen (secondary N) is 1. The van der Waals surface area contributed by atoms with E-state index in [4.69, 9.17) is 0 Å². The van der Waals surface area contributed by atoms with Gasteiger partial charge in [0.1, 0.15) is 0 Å². The molecule has 1 fully saturated rings. The number of nitrogens with zero attached hydrogens (tertiary/aromatic N) is 2. The van der Waals surface area contributed by atoms with E-state index >= 15 is 0 Å². The van der Waals surface area contributed by atoms with Gasteiger partial charge in [-0.3, -0.25) is 19.4 Å². The minimum atomic E-state index is -0.311. The van der Waals surface area contributed by atoms with Crippen molar-refractivity contribution in [3.05, 3.63) is 66.5 Å². The standard InChI is InChI=1S/C12H16N2O.C6H12NO3P.C6H6.C3H8.2C2H6/c15-12-3-1-2-9-14(12)10-6-11-4-7-13-8-5-11;1-10-6(9)2-3-7-5(8)4-11;1-2-4-6-5-3-1;1-3-2;2*1-2/h4-5,7-8H,1-3,6,9-10H2;2-4,11H2,1H3,(H,7,8);1-6H;3H2,1-2H3;2*1-2H3. The van der Waals surface area contributed by atoms with E-state index in [1.54, 1.807) is 12.4 Å². The molecule has 39 heavy (non-hydrogen) atoms. The van der Waals surface area contributed by atoms with Gasteiger partial charge in [0.2, 0.25) is 11.8 Å². The molecule has 0 radical (unpaired) electrons. The quantitative estimate of drug-likeness (QED) is 0.314. The van der Waals surface area contributed by atoms with Crippen LogP contribution in [-0.4, -0.2) is 60.6 Å². The van der Waals surface area contributed by atoms with Gasteiger partial charge in [-0.05, 0) is 37.0 Å². The largest absolute Gasteiger partial charge is 0.469 e. The lowest BCUT2D eigenvalue weighted by Crippen LogP contribution is -2.36. The van der Waals surface area contributed by atoms with Crippen molar-refractivity contribution in [3.8, 4) is 0 Å². The summed E-state index contributed by atoms with van der Waals surface area (Å²) in [7, 11) is 3.62. The van der Waals surface area contributed by atoms with Gasteiger partial charge < -0.3 is 15.0 Å². The fourth-order valence-electron chi connectivity index (χ4n) is 2.77. The molecule has 1 aliphatic rings. The molecule has 8 heteroatoms. The molecule has 1 unspecified atom stereocenters. The van der Waals surface area contributed by atoms with Crippen molar-refractivity contribution in [3.63, 3.8) is 0 Å². The Morgan fingerprint density at radius 2 is 1.49 bits per heavy atom. The Balaban J connectivity index is -0.000000473. The number of amides is 2. The topological polar surface area (TPSA) is 88.6 Å². The first-order valence-corrected chi connectivity index (χ1v) is 15.0. The van der Waals surface area contributed by atoms with Gasteiger partial charge in [0, 0.05) is 44.6 Å². The normalized spacial score (nSPS) is 11.0. The van der Waals surface area contributed by atoms with Crippen LogP contribution >= 0.6 is 9.24 Å². The zero-order valence-corrected chi connectivity index (χ0v) is 26.6. The number of hydrogen-bond donors (Lipinski definition) is 1. The van der Waals surface area contributed by atoms with Crippen LogP contribution in [0.5, 0.6) is 0 Å². The molecule has 1 aromatic carbocycles. The number of esters is 1. The van der Waals surface area contributed by atoms with Crippen molar-refractivity contribution in [2.45, 2.75) is 80.1 Å². The van der Waals surface area contributed by atoms with E-state index in [0.29, 0.717) is 18.6 Å². The second kappa shape index (κ2) is 33.2. The number of aromatic nitrogens is 1. The molecule has 222 valence electrons. The molecule has 3 rings (SSSR count). The summed E-state index contributed by atoms with van der Waals surface area (Å²) in [6, 6.07) is 16.0. The molecule has 1 saturated heterocycles. The zero-order chi connectivity index (χ0) is 30.2. The van der Waals surface area contributed by atoms with E-state index in [0.717, 1.165) is 38.8 Å². The highest BCUT2D eigenvalue weighted by Crippen LogP contribution is 2.11. The average Bonchev–Trinajstić information content (AvgIpc) is 3.01. The number of carbonyl (C=O) groups is 3. The maximum absolute atomic E-state index is 11.5. The maximum Gasteiger partial charge on any atom is 0.307 e. The highest BCUT2D eigenvalue weighted by Gasteiger charge is 2.17. The molecule has 0 bridgehead atoms. The van der Waals surface area contributed by atoms with Crippen molar-refractivity contribution in [1.82, 2.24) is 15.2 Å². The molecule has 1 atom stereocenters. The van der Waals surface area contributed by atoms with Crippen LogP contribution in [0.25, 0.3) is 0 Å². The molecule has 2 aromatic rings. The highest BCUT2D eigenvalue weighted by molar-refractivity contribution is 7.18. The number of pyridine rings is 1. The van der Waals surface area contributed by atoms with Crippen LogP contribution in [0.4, 0.5) is 0 Å². The maximum atomic E-state index is 11.5. The summed E-state index contributed by atoms with van der Waals surface area (Å²) in [5.41, 5.74) is 1.25. The Kier molecular flexibility index (Phi) is 34.7. The van der Waals surface area contributed by atoms with E-state index in [2.05, 4.69) is 38.1 Å². The van der Waals surface area contributed by atoms with E-state index in [9.17, 15) is 14.4 Å². The Labute approximate surface area is 240 Å². The molecule has 1 aromatic heterocycles. The van der Waals surface area contributed by atoms with Crippen molar-refractivity contribution < 1.29 is 19.1 Å². The third kappa shape index (κ3) is 28.0. The van der Waals surface area contributed by atoms with Crippen molar-refractivity contribution >= 4 is 27.0 Å². The predicted molar refractivity (Wildman–Crippen MR) is 168 cm³/mol. The fourth-order valence-corrected chi connectivity index (χ4v) is 2.92. The van der Waals surface area contributed by atoms with Crippen molar-refractivity contribution in [1.29, 1.82) is 0 Å². The van der Waals surface area contributed by atoms with Crippen LogP contribution < -0.4 is 5.32 Å². The molecule has 0 spiro atoms. The first-order valence-electron chi connectivity index (χ1n) is 14.2. The third-order valence-electron chi connectivity index (χ3n) is 4.57. The van der Waals surface area contributed by atoms with Crippen LogP contribution in [0.2, 0.25) is 0 Å². The van der Waals surface area contributed by atoms with Gasteiger partial charge in [0.05, 0.1) is 13.5 Å². The van der Waals surface area contributed by atoms with Gasteiger partial charge in [-0.1, -0.05) is 84.4 Å². The molecule has 1 aliphatic heterocycles. The summed E-state index contributed by atoms with van der Waals surface area (Å²) in [5, 5.41) is 2.54. The van der Waals surface area contributed by atoms with Crippen LogP contribution in [0, 0.1) is 0 Å². The van der Waals surface area contributed by atoms with Crippen LogP contribution in [0.15, 0.2) is 60.9 Å². The second-order valence-electron chi connectivity index (χ2n) is 7.69. The fraction of sp³-hybridized carbons (Fsp3) is 0.548. The van der Waals surface area contributed by atoms with Gasteiger partial charge in [-0.25, -0.2) is 0 Å². The molecule has 2 amide bonds. The number of rotatable bonds is 7. The number of likely N-dealkylation sites (tertiary alicyclic amines) is 1. The smallest absolute Gasteiger partial charge is 0.307 e. The molecular weight excluding hydrogens is 509 g/mol. The number of piperidine rings is 1. The Morgan fingerprint density at radius 1 is 0.974 bits per heavy atom. The van der Waals surface area contributed by atoms with E-state index in [1.807, 2.05) is 81.1 Å². The predicted octanol–water partition coefficient (Wildman–Crippen LogP) is 6.33. The molecular formula is C31H54N3O4P. The molecule has 7 nitrogen and oxygen atoms in total. The van der Waals surface area contributed by atoms with Crippen LogP contribution in [0.1, 0.15) is 79.2 Å². The molecule has 0 aliphatic carbocycles. The lowest BCUT2D eigenvalue weighted by atomic mass is 10.1. The van der Waals surface area contributed by atoms with E-state index < -0.39 is 0 Å². The average molecular weight is 564 g/mol.